The van der Waals surface area contributed by atoms with Gasteiger partial charge in [0.05, 0.1) is 29.6 Å². The lowest BCUT2D eigenvalue weighted by Crippen LogP contribution is -2.13. The van der Waals surface area contributed by atoms with E-state index in [1.165, 1.54) is 6.20 Å². The van der Waals surface area contributed by atoms with Crippen LogP contribution in [0.25, 0.3) is 0 Å². The molecule has 6 nitrogen and oxygen atoms in total. The molecule has 0 radical (unpaired) electrons. The summed E-state index contributed by atoms with van der Waals surface area (Å²) in [6, 6.07) is 15.4. The number of esters is 1. The van der Waals surface area contributed by atoms with Crippen molar-refractivity contribution < 1.29 is 14.3 Å². The molecule has 2 aromatic carbocycles. The predicted molar refractivity (Wildman–Crippen MR) is 109 cm³/mol. The van der Waals surface area contributed by atoms with Gasteiger partial charge in [-0.25, -0.2) is 4.79 Å². The smallest absolute Gasteiger partial charge is 0.338 e. The monoisotopic (exact) mass is 395 g/mol. The van der Waals surface area contributed by atoms with Crippen LogP contribution in [0.1, 0.15) is 27.6 Å². The molecule has 0 aliphatic carbocycles. The predicted octanol–water partition coefficient (Wildman–Crippen LogP) is 4.91. The van der Waals surface area contributed by atoms with Crippen molar-refractivity contribution in [3.05, 3.63) is 83.1 Å². The van der Waals surface area contributed by atoms with Crippen LogP contribution in [0.15, 0.2) is 67.0 Å². The number of rotatable bonds is 6. The first kappa shape index (κ1) is 19.4. The largest absolute Gasteiger partial charge is 0.462 e. The van der Waals surface area contributed by atoms with Crippen LogP contribution in [-0.2, 0) is 4.74 Å². The molecule has 3 rings (SSSR count). The number of benzene rings is 2. The minimum atomic E-state index is -0.399. The second-order valence-electron chi connectivity index (χ2n) is 5.85. The molecule has 3 aromatic rings. The first-order chi connectivity index (χ1) is 13.5. The second kappa shape index (κ2) is 9.01. The van der Waals surface area contributed by atoms with Crippen molar-refractivity contribution >= 4 is 40.5 Å². The number of aromatic nitrogens is 1. The molecule has 1 aromatic heterocycles. The van der Waals surface area contributed by atoms with Gasteiger partial charge in [0, 0.05) is 22.6 Å². The van der Waals surface area contributed by atoms with E-state index in [1.54, 1.807) is 55.6 Å². The number of carbonyl (C=O) groups is 2. The van der Waals surface area contributed by atoms with Gasteiger partial charge < -0.3 is 15.4 Å². The van der Waals surface area contributed by atoms with Crippen molar-refractivity contribution in [3.8, 4) is 0 Å². The number of hydrogen-bond donors (Lipinski definition) is 2. The van der Waals surface area contributed by atoms with Crippen molar-refractivity contribution in [2.24, 2.45) is 0 Å². The third-order valence-corrected chi connectivity index (χ3v) is 4.00. The Morgan fingerprint density at radius 3 is 2.46 bits per heavy atom. The molecule has 0 saturated carbocycles. The Bertz CT molecular complexity index is 990. The first-order valence-electron chi connectivity index (χ1n) is 8.61. The highest BCUT2D eigenvalue weighted by Crippen LogP contribution is 2.20. The van der Waals surface area contributed by atoms with Crippen LogP contribution in [-0.4, -0.2) is 23.5 Å². The lowest BCUT2D eigenvalue weighted by Gasteiger charge is -2.09. The maximum Gasteiger partial charge on any atom is 0.338 e. The van der Waals surface area contributed by atoms with E-state index in [1.807, 2.05) is 12.1 Å². The van der Waals surface area contributed by atoms with Gasteiger partial charge in [0.25, 0.3) is 5.91 Å². The zero-order valence-electron chi connectivity index (χ0n) is 15.1. The normalized spacial score (nSPS) is 10.2. The van der Waals surface area contributed by atoms with E-state index in [4.69, 9.17) is 16.3 Å². The average Bonchev–Trinajstić information content (AvgIpc) is 2.69. The van der Waals surface area contributed by atoms with Crippen molar-refractivity contribution in [3.63, 3.8) is 0 Å². The Morgan fingerprint density at radius 1 is 0.964 bits per heavy atom. The number of anilines is 3. The van der Waals surface area contributed by atoms with Crippen LogP contribution >= 0.6 is 11.6 Å². The number of carbonyl (C=O) groups excluding carboxylic acids is 2. The molecule has 0 unspecified atom stereocenters. The van der Waals surface area contributed by atoms with Gasteiger partial charge in [0.1, 0.15) is 0 Å². The fraction of sp³-hybridized carbons (Fsp3) is 0.0952. The molecule has 142 valence electrons. The van der Waals surface area contributed by atoms with E-state index in [2.05, 4.69) is 15.6 Å². The highest BCUT2D eigenvalue weighted by Gasteiger charge is 2.10. The van der Waals surface area contributed by atoms with Crippen LogP contribution < -0.4 is 10.6 Å². The molecular weight excluding hydrogens is 378 g/mol. The second-order valence-corrected chi connectivity index (χ2v) is 6.29. The Balaban J connectivity index is 1.68. The standard InChI is InChI=1S/C21H18ClN3O3/c1-2-28-21(27)14-6-8-17(9-7-14)25-20(26)15-10-19(13-23-12-15)24-18-5-3-4-16(22)11-18/h3-13,24H,2H2,1H3,(H,25,26). The lowest BCUT2D eigenvalue weighted by molar-refractivity contribution is 0.0526. The molecule has 0 aliphatic heterocycles. The van der Waals surface area contributed by atoms with Crippen molar-refractivity contribution in [2.75, 3.05) is 17.2 Å². The number of hydrogen-bond acceptors (Lipinski definition) is 5. The minimum Gasteiger partial charge on any atom is -0.462 e. The Hall–Kier alpha value is -3.38. The van der Waals surface area contributed by atoms with Gasteiger partial charge in [0.15, 0.2) is 0 Å². The first-order valence-corrected chi connectivity index (χ1v) is 8.99. The molecule has 0 bridgehead atoms. The third kappa shape index (κ3) is 5.08. The van der Waals surface area contributed by atoms with E-state index in [0.29, 0.717) is 34.1 Å². The summed E-state index contributed by atoms with van der Waals surface area (Å²) >= 11 is 5.98. The summed E-state index contributed by atoms with van der Waals surface area (Å²) in [5.74, 6) is -0.713. The van der Waals surface area contributed by atoms with E-state index in [9.17, 15) is 9.59 Å². The number of ether oxygens (including phenoxy) is 1. The van der Waals surface area contributed by atoms with Gasteiger partial charge in [-0.15, -0.1) is 0 Å². The number of halogens is 1. The summed E-state index contributed by atoms with van der Waals surface area (Å²) in [7, 11) is 0. The molecule has 7 heteroatoms. The fourth-order valence-corrected chi connectivity index (χ4v) is 2.66. The zero-order valence-corrected chi connectivity index (χ0v) is 15.9. The average molecular weight is 396 g/mol. The van der Waals surface area contributed by atoms with Gasteiger partial charge in [0.2, 0.25) is 0 Å². The summed E-state index contributed by atoms with van der Waals surface area (Å²) in [5, 5.41) is 6.54. The number of amides is 1. The van der Waals surface area contributed by atoms with E-state index in [-0.39, 0.29) is 5.91 Å². The summed E-state index contributed by atoms with van der Waals surface area (Å²) in [4.78, 5) is 28.3. The van der Waals surface area contributed by atoms with Gasteiger partial charge in [-0.2, -0.15) is 0 Å². The number of nitrogens with one attached hydrogen (secondary N) is 2. The SMILES string of the molecule is CCOC(=O)c1ccc(NC(=O)c2cncc(Nc3cccc(Cl)c3)c2)cc1. The van der Waals surface area contributed by atoms with Crippen molar-refractivity contribution in [1.29, 1.82) is 0 Å². The van der Waals surface area contributed by atoms with Gasteiger partial charge in [-0.05, 0) is 55.5 Å². The topological polar surface area (TPSA) is 80.3 Å². The van der Waals surface area contributed by atoms with Gasteiger partial charge in [-0.3, -0.25) is 9.78 Å². The Morgan fingerprint density at radius 2 is 1.75 bits per heavy atom. The van der Waals surface area contributed by atoms with Crippen LogP contribution in [0, 0.1) is 0 Å². The molecule has 0 fully saturated rings. The third-order valence-electron chi connectivity index (χ3n) is 3.77. The number of pyridine rings is 1. The molecule has 1 amide bonds. The van der Waals surface area contributed by atoms with Gasteiger partial charge in [-0.1, -0.05) is 17.7 Å². The zero-order chi connectivity index (χ0) is 19.9. The van der Waals surface area contributed by atoms with Crippen molar-refractivity contribution in [2.45, 2.75) is 6.92 Å². The molecule has 0 atom stereocenters. The molecule has 2 N–H and O–H groups in total. The van der Waals surface area contributed by atoms with E-state index >= 15 is 0 Å². The van der Waals surface area contributed by atoms with Crippen LogP contribution in [0.2, 0.25) is 5.02 Å². The summed E-state index contributed by atoms with van der Waals surface area (Å²) in [6.07, 6.45) is 3.09. The maximum atomic E-state index is 12.5. The van der Waals surface area contributed by atoms with Gasteiger partial charge >= 0.3 is 5.97 Å². The maximum absolute atomic E-state index is 12.5. The quantitative estimate of drug-likeness (QED) is 0.580. The summed E-state index contributed by atoms with van der Waals surface area (Å²) < 4.78 is 4.94. The lowest BCUT2D eigenvalue weighted by atomic mass is 10.2. The molecule has 28 heavy (non-hydrogen) atoms. The minimum absolute atomic E-state index is 0.309. The number of nitrogens with zero attached hydrogens (tertiary/aromatic N) is 1. The van der Waals surface area contributed by atoms with E-state index < -0.39 is 5.97 Å². The Kier molecular flexibility index (Phi) is 6.24. The highest BCUT2D eigenvalue weighted by molar-refractivity contribution is 6.30. The van der Waals surface area contributed by atoms with Crippen LogP contribution in [0.4, 0.5) is 17.1 Å². The summed E-state index contributed by atoms with van der Waals surface area (Å²) in [6.45, 7) is 2.06. The highest BCUT2D eigenvalue weighted by atomic mass is 35.5. The fourth-order valence-electron chi connectivity index (χ4n) is 2.47. The Labute approximate surface area is 167 Å². The molecular formula is C21H18ClN3O3. The summed E-state index contributed by atoms with van der Waals surface area (Å²) in [5.41, 5.74) is 2.83. The van der Waals surface area contributed by atoms with Crippen LogP contribution in [0.5, 0.6) is 0 Å². The van der Waals surface area contributed by atoms with Crippen molar-refractivity contribution in [1.82, 2.24) is 4.98 Å². The van der Waals surface area contributed by atoms with Crippen LogP contribution in [0.3, 0.4) is 0 Å². The molecule has 0 aliphatic rings. The molecule has 1 heterocycles. The van der Waals surface area contributed by atoms with E-state index in [0.717, 1.165) is 5.69 Å². The molecule has 0 spiro atoms. The molecule has 0 saturated heterocycles.